The SMILES string of the molecule is CCCCOc1ccc(C(=O)NC2CCC(N)CC2)cc1.Cl. The summed E-state index contributed by atoms with van der Waals surface area (Å²) in [6.45, 7) is 2.86. The van der Waals surface area contributed by atoms with Gasteiger partial charge in [-0.15, -0.1) is 12.4 Å². The highest BCUT2D eigenvalue weighted by atomic mass is 35.5. The minimum atomic E-state index is -0.00409. The van der Waals surface area contributed by atoms with Crippen LogP contribution in [0.15, 0.2) is 24.3 Å². The molecule has 1 aromatic rings. The number of amides is 1. The van der Waals surface area contributed by atoms with E-state index in [0.717, 1.165) is 50.9 Å². The Labute approximate surface area is 139 Å². The normalized spacial score (nSPS) is 20.8. The molecule has 2 rings (SSSR count). The summed E-state index contributed by atoms with van der Waals surface area (Å²) in [6, 6.07) is 7.94. The molecule has 0 radical (unpaired) electrons. The lowest BCUT2D eigenvalue weighted by Crippen LogP contribution is -2.40. The molecule has 0 saturated heterocycles. The zero-order valence-corrected chi connectivity index (χ0v) is 14.0. The molecule has 0 unspecified atom stereocenters. The van der Waals surface area contributed by atoms with E-state index < -0.39 is 0 Å². The first-order chi connectivity index (χ1) is 10.2. The van der Waals surface area contributed by atoms with E-state index in [2.05, 4.69) is 12.2 Å². The Hall–Kier alpha value is -1.26. The highest BCUT2D eigenvalue weighted by Crippen LogP contribution is 2.18. The number of hydrogen-bond donors (Lipinski definition) is 2. The van der Waals surface area contributed by atoms with E-state index in [1.807, 2.05) is 24.3 Å². The second kappa shape index (κ2) is 9.70. The van der Waals surface area contributed by atoms with Crippen LogP contribution in [0.5, 0.6) is 5.75 Å². The summed E-state index contributed by atoms with van der Waals surface area (Å²) < 4.78 is 5.60. The first-order valence-corrected chi connectivity index (χ1v) is 7.98. The van der Waals surface area contributed by atoms with Crippen LogP contribution in [0.1, 0.15) is 55.8 Å². The highest BCUT2D eigenvalue weighted by Gasteiger charge is 2.20. The van der Waals surface area contributed by atoms with Crippen molar-refractivity contribution in [2.45, 2.75) is 57.5 Å². The topological polar surface area (TPSA) is 64.3 Å². The van der Waals surface area contributed by atoms with Gasteiger partial charge in [-0.3, -0.25) is 4.79 Å². The molecule has 4 nitrogen and oxygen atoms in total. The predicted molar refractivity (Wildman–Crippen MR) is 91.8 cm³/mol. The number of nitrogens with two attached hydrogens (primary N) is 1. The van der Waals surface area contributed by atoms with Gasteiger partial charge in [-0.1, -0.05) is 13.3 Å². The van der Waals surface area contributed by atoms with Gasteiger partial charge in [0, 0.05) is 17.6 Å². The van der Waals surface area contributed by atoms with Crippen molar-refractivity contribution in [2.75, 3.05) is 6.61 Å². The standard InChI is InChI=1S/C17H26N2O2.ClH/c1-2-3-12-21-16-10-4-13(5-11-16)17(20)19-15-8-6-14(18)7-9-15;/h4-5,10-11,14-15H,2-3,6-9,12,18H2,1H3,(H,19,20);1H. The lowest BCUT2D eigenvalue weighted by molar-refractivity contribution is 0.0926. The molecule has 0 aromatic heterocycles. The van der Waals surface area contributed by atoms with Crippen molar-refractivity contribution in [1.82, 2.24) is 5.32 Å². The summed E-state index contributed by atoms with van der Waals surface area (Å²) in [7, 11) is 0. The summed E-state index contributed by atoms with van der Waals surface area (Å²) in [4.78, 5) is 12.2. The maximum absolute atomic E-state index is 12.2. The molecule has 1 aliphatic rings. The van der Waals surface area contributed by atoms with Crippen molar-refractivity contribution < 1.29 is 9.53 Å². The minimum Gasteiger partial charge on any atom is -0.494 e. The Kier molecular flexibility index (Phi) is 8.28. The molecule has 124 valence electrons. The first-order valence-electron chi connectivity index (χ1n) is 7.98. The average molecular weight is 327 g/mol. The molecule has 0 spiro atoms. The van der Waals surface area contributed by atoms with Gasteiger partial charge in [-0.25, -0.2) is 0 Å². The number of carbonyl (C=O) groups is 1. The van der Waals surface area contributed by atoms with Gasteiger partial charge in [0.05, 0.1) is 6.61 Å². The largest absolute Gasteiger partial charge is 0.494 e. The van der Waals surface area contributed by atoms with Crippen molar-refractivity contribution in [3.05, 3.63) is 29.8 Å². The molecule has 0 heterocycles. The summed E-state index contributed by atoms with van der Waals surface area (Å²) in [5, 5.41) is 3.09. The van der Waals surface area contributed by atoms with Gasteiger partial charge in [0.25, 0.3) is 5.91 Å². The zero-order valence-electron chi connectivity index (χ0n) is 13.2. The van der Waals surface area contributed by atoms with E-state index in [-0.39, 0.29) is 24.4 Å². The number of unbranched alkanes of at least 4 members (excludes halogenated alkanes) is 1. The molecule has 1 fully saturated rings. The van der Waals surface area contributed by atoms with Crippen LogP contribution in [0.3, 0.4) is 0 Å². The second-order valence-corrected chi connectivity index (χ2v) is 5.81. The number of carbonyl (C=O) groups excluding carboxylic acids is 1. The van der Waals surface area contributed by atoms with E-state index in [0.29, 0.717) is 11.6 Å². The second-order valence-electron chi connectivity index (χ2n) is 5.81. The van der Waals surface area contributed by atoms with E-state index >= 15 is 0 Å². The molecule has 0 atom stereocenters. The summed E-state index contributed by atoms with van der Waals surface area (Å²) >= 11 is 0. The molecule has 1 aliphatic carbocycles. The third kappa shape index (κ3) is 5.85. The third-order valence-electron chi connectivity index (χ3n) is 3.99. The Bertz CT molecular complexity index is 442. The van der Waals surface area contributed by atoms with E-state index in [1.54, 1.807) is 0 Å². The Morgan fingerprint density at radius 1 is 1.23 bits per heavy atom. The maximum Gasteiger partial charge on any atom is 0.251 e. The lowest BCUT2D eigenvalue weighted by Gasteiger charge is -2.26. The van der Waals surface area contributed by atoms with E-state index in [9.17, 15) is 4.79 Å². The molecular formula is C17H27ClN2O2. The average Bonchev–Trinajstić information content (AvgIpc) is 2.50. The van der Waals surface area contributed by atoms with E-state index in [1.165, 1.54) is 0 Å². The molecular weight excluding hydrogens is 300 g/mol. The Morgan fingerprint density at radius 2 is 1.86 bits per heavy atom. The minimum absolute atomic E-state index is 0. The zero-order chi connectivity index (χ0) is 15.1. The summed E-state index contributed by atoms with van der Waals surface area (Å²) in [6.07, 6.45) is 6.11. The fraction of sp³-hybridized carbons (Fsp3) is 0.588. The molecule has 1 aromatic carbocycles. The molecule has 1 saturated carbocycles. The number of halogens is 1. The first kappa shape index (κ1) is 18.8. The fourth-order valence-corrected chi connectivity index (χ4v) is 2.57. The Morgan fingerprint density at radius 3 is 2.45 bits per heavy atom. The van der Waals surface area contributed by atoms with Crippen LogP contribution in [0.4, 0.5) is 0 Å². The van der Waals surface area contributed by atoms with Crippen LogP contribution >= 0.6 is 12.4 Å². The number of ether oxygens (including phenoxy) is 1. The molecule has 1 amide bonds. The number of rotatable bonds is 6. The van der Waals surface area contributed by atoms with Gasteiger partial charge < -0.3 is 15.8 Å². The van der Waals surface area contributed by atoms with Crippen molar-refractivity contribution >= 4 is 18.3 Å². The highest BCUT2D eigenvalue weighted by molar-refractivity contribution is 5.94. The maximum atomic E-state index is 12.2. The van der Waals surface area contributed by atoms with Crippen LogP contribution in [0.25, 0.3) is 0 Å². The Balaban J connectivity index is 0.00000242. The van der Waals surface area contributed by atoms with Gasteiger partial charge in [0.2, 0.25) is 0 Å². The number of benzene rings is 1. The molecule has 0 aliphatic heterocycles. The summed E-state index contributed by atoms with van der Waals surface area (Å²) in [5.41, 5.74) is 6.57. The monoisotopic (exact) mass is 326 g/mol. The lowest BCUT2D eigenvalue weighted by atomic mass is 9.91. The van der Waals surface area contributed by atoms with Crippen molar-refractivity contribution in [3.8, 4) is 5.75 Å². The van der Waals surface area contributed by atoms with Crippen LogP contribution in [0.2, 0.25) is 0 Å². The fourth-order valence-electron chi connectivity index (χ4n) is 2.57. The van der Waals surface area contributed by atoms with E-state index in [4.69, 9.17) is 10.5 Å². The van der Waals surface area contributed by atoms with Gasteiger partial charge in [-0.2, -0.15) is 0 Å². The molecule has 0 bridgehead atoms. The van der Waals surface area contributed by atoms with Crippen molar-refractivity contribution in [2.24, 2.45) is 5.73 Å². The smallest absolute Gasteiger partial charge is 0.251 e. The summed E-state index contributed by atoms with van der Waals surface area (Å²) in [5.74, 6) is 0.819. The van der Waals surface area contributed by atoms with Gasteiger partial charge in [0.15, 0.2) is 0 Å². The van der Waals surface area contributed by atoms with Gasteiger partial charge in [0.1, 0.15) is 5.75 Å². The third-order valence-corrected chi connectivity index (χ3v) is 3.99. The molecule has 5 heteroatoms. The number of nitrogens with one attached hydrogen (secondary N) is 1. The van der Waals surface area contributed by atoms with Crippen LogP contribution in [-0.4, -0.2) is 24.6 Å². The predicted octanol–water partition coefficient (Wildman–Crippen LogP) is 3.29. The van der Waals surface area contributed by atoms with Crippen LogP contribution in [0, 0.1) is 0 Å². The van der Waals surface area contributed by atoms with Gasteiger partial charge in [-0.05, 0) is 56.4 Å². The van der Waals surface area contributed by atoms with Crippen molar-refractivity contribution in [1.29, 1.82) is 0 Å². The molecule has 22 heavy (non-hydrogen) atoms. The van der Waals surface area contributed by atoms with Crippen LogP contribution < -0.4 is 15.8 Å². The van der Waals surface area contributed by atoms with Gasteiger partial charge >= 0.3 is 0 Å². The van der Waals surface area contributed by atoms with Crippen LogP contribution in [-0.2, 0) is 0 Å². The molecule has 3 N–H and O–H groups in total. The quantitative estimate of drug-likeness (QED) is 0.788. The number of hydrogen-bond acceptors (Lipinski definition) is 3. The van der Waals surface area contributed by atoms with Crippen molar-refractivity contribution in [3.63, 3.8) is 0 Å².